The van der Waals surface area contributed by atoms with Crippen molar-refractivity contribution >= 4 is 11.8 Å². The van der Waals surface area contributed by atoms with E-state index in [1.165, 1.54) is 0 Å². The molecule has 2 amide bonds. The molecule has 0 aromatic carbocycles. The Morgan fingerprint density at radius 2 is 1.95 bits per heavy atom. The Hall–Kier alpha value is -1.10. The van der Waals surface area contributed by atoms with Gasteiger partial charge in [-0.3, -0.25) is 9.59 Å². The van der Waals surface area contributed by atoms with E-state index >= 15 is 0 Å². The quantitative estimate of drug-likeness (QED) is 0.686. The molecule has 1 atom stereocenters. The zero-order valence-electron chi connectivity index (χ0n) is 13.1. The van der Waals surface area contributed by atoms with Crippen molar-refractivity contribution in [3.05, 3.63) is 0 Å². The van der Waals surface area contributed by atoms with Crippen LogP contribution in [0.15, 0.2) is 0 Å². The molecule has 0 saturated carbocycles. The Bertz CT molecular complexity index is 329. The molecule has 0 aliphatic carbocycles. The number of piperazine rings is 1. The SMILES string of the molecule is CC(C)COCCCN1CC(=O)NC(CC(C)C)C1=O. The fourth-order valence-electron chi connectivity index (χ4n) is 2.27. The van der Waals surface area contributed by atoms with Crippen molar-refractivity contribution in [2.45, 2.75) is 46.6 Å². The monoisotopic (exact) mass is 284 g/mol. The molecule has 0 radical (unpaired) electrons. The lowest BCUT2D eigenvalue weighted by atomic mass is 10.0. The van der Waals surface area contributed by atoms with Gasteiger partial charge in [-0.2, -0.15) is 0 Å². The van der Waals surface area contributed by atoms with Crippen molar-refractivity contribution < 1.29 is 14.3 Å². The highest BCUT2D eigenvalue weighted by Crippen LogP contribution is 2.12. The summed E-state index contributed by atoms with van der Waals surface area (Å²) in [7, 11) is 0. The van der Waals surface area contributed by atoms with E-state index in [0.29, 0.717) is 31.4 Å². The van der Waals surface area contributed by atoms with E-state index in [1.807, 2.05) is 0 Å². The van der Waals surface area contributed by atoms with Gasteiger partial charge < -0.3 is 15.0 Å². The summed E-state index contributed by atoms with van der Waals surface area (Å²) in [6, 6.07) is -0.354. The number of hydrogen-bond donors (Lipinski definition) is 1. The molecule has 0 bridgehead atoms. The van der Waals surface area contributed by atoms with Crippen LogP contribution in [0, 0.1) is 11.8 Å². The molecule has 5 heteroatoms. The molecular formula is C15H28N2O3. The Kier molecular flexibility index (Phi) is 6.99. The number of ether oxygens (including phenoxy) is 1. The van der Waals surface area contributed by atoms with Crippen LogP contribution in [-0.4, -0.2) is 49.1 Å². The number of amides is 2. The molecule has 0 aromatic rings. The average molecular weight is 284 g/mol. The first-order valence-corrected chi connectivity index (χ1v) is 7.56. The summed E-state index contributed by atoms with van der Waals surface area (Å²) in [6.45, 7) is 10.5. The lowest BCUT2D eigenvalue weighted by molar-refractivity contribution is -0.144. The first kappa shape index (κ1) is 17.0. The summed E-state index contributed by atoms with van der Waals surface area (Å²) < 4.78 is 5.50. The van der Waals surface area contributed by atoms with Gasteiger partial charge in [0.1, 0.15) is 6.04 Å². The van der Waals surface area contributed by atoms with Gasteiger partial charge in [0, 0.05) is 19.8 Å². The van der Waals surface area contributed by atoms with Gasteiger partial charge in [0.05, 0.1) is 6.54 Å². The first-order valence-electron chi connectivity index (χ1n) is 7.56. The van der Waals surface area contributed by atoms with Gasteiger partial charge >= 0.3 is 0 Å². The number of rotatable bonds is 8. The van der Waals surface area contributed by atoms with E-state index in [4.69, 9.17) is 4.74 Å². The third kappa shape index (κ3) is 5.90. The Balaban J connectivity index is 2.36. The van der Waals surface area contributed by atoms with E-state index in [-0.39, 0.29) is 24.4 Å². The number of carbonyl (C=O) groups excluding carboxylic acids is 2. The third-order valence-corrected chi connectivity index (χ3v) is 3.15. The molecular weight excluding hydrogens is 256 g/mol. The summed E-state index contributed by atoms with van der Waals surface area (Å²) in [4.78, 5) is 25.6. The second kappa shape index (κ2) is 8.25. The van der Waals surface area contributed by atoms with Crippen molar-refractivity contribution in [3.8, 4) is 0 Å². The molecule has 0 aromatic heterocycles. The highest BCUT2D eigenvalue weighted by atomic mass is 16.5. The van der Waals surface area contributed by atoms with Gasteiger partial charge in [-0.1, -0.05) is 27.7 Å². The molecule has 1 aliphatic heterocycles. The molecule has 116 valence electrons. The van der Waals surface area contributed by atoms with Gasteiger partial charge in [0.15, 0.2) is 0 Å². The second-order valence-corrected chi connectivity index (χ2v) is 6.33. The predicted octanol–water partition coefficient (Wildman–Crippen LogP) is 1.42. The second-order valence-electron chi connectivity index (χ2n) is 6.33. The smallest absolute Gasteiger partial charge is 0.245 e. The third-order valence-electron chi connectivity index (χ3n) is 3.15. The largest absolute Gasteiger partial charge is 0.381 e. The molecule has 5 nitrogen and oxygen atoms in total. The minimum Gasteiger partial charge on any atom is -0.381 e. The maximum atomic E-state index is 12.2. The minimum atomic E-state index is -0.354. The lowest BCUT2D eigenvalue weighted by Gasteiger charge is -2.33. The van der Waals surface area contributed by atoms with Gasteiger partial charge in [0.2, 0.25) is 11.8 Å². The number of nitrogens with one attached hydrogen (secondary N) is 1. The summed E-state index contributed by atoms with van der Waals surface area (Å²) in [5.74, 6) is 0.895. The molecule has 0 spiro atoms. The van der Waals surface area contributed by atoms with Crippen LogP contribution in [0.2, 0.25) is 0 Å². The highest BCUT2D eigenvalue weighted by molar-refractivity contribution is 5.94. The van der Waals surface area contributed by atoms with Gasteiger partial charge in [-0.05, 0) is 24.7 Å². The maximum absolute atomic E-state index is 12.2. The molecule has 1 aliphatic rings. The van der Waals surface area contributed by atoms with Crippen LogP contribution in [0.25, 0.3) is 0 Å². The van der Waals surface area contributed by atoms with Crippen LogP contribution < -0.4 is 5.32 Å². The van der Waals surface area contributed by atoms with Crippen molar-refractivity contribution in [2.75, 3.05) is 26.3 Å². The average Bonchev–Trinajstić information content (AvgIpc) is 2.33. The zero-order chi connectivity index (χ0) is 15.1. The number of carbonyl (C=O) groups is 2. The molecule has 1 saturated heterocycles. The van der Waals surface area contributed by atoms with Crippen LogP contribution >= 0.6 is 0 Å². The van der Waals surface area contributed by atoms with E-state index in [1.54, 1.807) is 4.90 Å². The summed E-state index contributed by atoms with van der Waals surface area (Å²) in [6.07, 6.45) is 1.48. The van der Waals surface area contributed by atoms with Crippen LogP contribution in [0.1, 0.15) is 40.5 Å². The molecule has 1 fully saturated rings. The standard InChI is InChI=1S/C15H28N2O3/c1-11(2)8-13-15(19)17(9-14(18)16-13)6-5-7-20-10-12(3)4/h11-13H,5-10H2,1-4H3,(H,16,18). The Morgan fingerprint density at radius 1 is 1.25 bits per heavy atom. The Labute approximate surface area is 122 Å². The molecule has 1 unspecified atom stereocenters. The number of hydrogen-bond acceptors (Lipinski definition) is 3. The maximum Gasteiger partial charge on any atom is 0.245 e. The fourth-order valence-corrected chi connectivity index (χ4v) is 2.27. The van der Waals surface area contributed by atoms with Crippen LogP contribution in [-0.2, 0) is 14.3 Å². The van der Waals surface area contributed by atoms with Crippen molar-refractivity contribution in [3.63, 3.8) is 0 Å². The van der Waals surface area contributed by atoms with Crippen molar-refractivity contribution in [2.24, 2.45) is 11.8 Å². The zero-order valence-corrected chi connectivity index (χ0v) is 13.1. The minimum absolute atomic E-state index is 0.0437. The number of nitrogens with zero attached hydrogens (tertiary/aromatic N) is 1. The van der Waals surface area contributed by atoms with Crippen molar-refractivity contribution in [1.29, 1.82) is 0 Å². The summed E-state index contributed by atoms with van der Waals surface area (Å²) >= 11 is 0. The summed E-state index contributed by atoms with van der Waals surface area (Å²) in [5, 5.41) is 2.78. The topological polar surface area (TPSA) is 58.6 Å². The van der Waals surface area contributed by atoms with E-state index in [2.05, 4.69) is 33.0 Å². The van der Waals surface area contributed by atoms with Gasteiger partial charge in [-0.25, -0.2) is 0 Å². The van der Waals surface area contributed by atoms with Crippen LogP contribution in [0.4, 0.5) is 0 Å². The molecule has 1 heterocycles. The van der Waals surface area contributed by atoms with Gasteiger partial charge in [0.25, 0.3) is 0 Å². The predicted molar refractivity (Wildman–Crippen MR) is 78.2 cm³/mol. The first-order chi connectivity index (χ1) is 9.40. The van der Waals surface area contributed by atoms with Crippen molar-refractivity contribution in [1.82, 2.24) is 10.2 Å². The summed E-state index contributed by atoms with van der Waals surface area (Å²) in [5.41, 5.74) is 0. The normalized spacial score (nSPS) is 19.9. The highest BCUT2D eigenvalue weighted by Gasteiger charge is 2.32. The van der Waals surface area contributed by atoms with E-state index in [0.717, 1.165) is 13.0 Å². The van der Waals surface area contributed by atoms with Gasteiger partial charge in [-0.15, -0.1) is 0 Å². The van der Waals surface area contributed by atoms with E-state index < -0.39 is 0 Å². The molecule has 20 heavy (non-hydrogen) atoms. The lowest BCUT2D eigenvalue weighted by Crippen LogP contribution is -2.58. The van der Waals surface area contributed by atoms with Crippen LogP contribution in [0.5, 0.6) is 0 Å². The van der Waals surface area contributed by atoms with E-state index in [9.17, 15) is 9.59 Å². The Morgan fingerprint density at radius 3 is 2.55 bits per heavy atom. The fraction of sp³-hybridized carbons (Fsp3) is 0.867. The molecule has 1 rings (SSSR count). The molecule has 1 N–H and O–H groups in total. The van der Waals surface area contributed by atoms with Crippen LogP contribution in [0.3, 0.4) is 0 Å².